The van der Waals surface area contributed by atoms with Gasteiger partial charge in [-0.25, -0.2) is 14.4 Å². The van der Waals surface area contributed by atoms with Gasteiger partial charge in [-0.1, -0.05) is 0 Å². The van der Waals surface area contributed by atoms with Gasteiger partial charge in [0.2, 0.25) is 0 Å². The van der Waals surface area contributed by atoms with Crippen LogP contribution in [-0.4, -0.2) is 81.6 Å². The first-order chi connectivity index (χ1) is 16.6. The van der Waals surface area contributed by atoms with Gasteiger partial charge in [-0.2, -0.15) is 0 Å². The average molecular weight is 501 g/mol. The molecule has 0 atom stereocenters. The Bertz CT molecular complexity index is 810. The molecule has 0 aliphatic rings. The van der Waals surface area contributed by atoms with Gasteiger partial charge in [0.05, 0.1) is 31.4 Å². The molecule has 0 fully saturated rings. The quantitative estimate of drug-likeness (QED) is 0.0956. The third-order valence-electron chi connectivity index (χ3n) is 3.59. The molecule has 1 aromatic rings. The van der Waals surface area contributed by atoms with Gasteiger partial charge >= 0.3 is 18.3 Å². The second kappa shape index (κ2) is 16.1. The van der Waals surface area contributed by atoms with Crippen LogP contribution in [0.25, 0.3) is 0 Å². The second-order valence-corrected chi connectivity index (χ2v) is 7.67. The maximum Gasteiger partial charge on any atom is 0.513 e. The Morgan fingerprint density at radius 2 is 1.37 bits per heavy atom. The molecule has 0 heterocycles. The molecule has 14 heteroatoms. The molecule has 0 aliphatic heterocycles. The molecule has 0 saturated carbocycles. The molecule has 35 heavy (non-hydrogen) atoms. The number of alkyl carbamates (subject to hydrolysis) is 2. The summed E-state index contributed by atoms with van der Waals surface area (Å²) in [5.41, 5.74) is -0.702. The Kier molecular flexibility index (Phi) is 13.5. The molecule has 2 amide bonds. The van der Waals surface area contributed by atoms with E-state index in [0.29, 0.717) is 0 Å². The van der Waals surface area contributed by atoms with E-state index in [-0.39, 0.29) is 64.2 Å². The maximum absolute atomic E-state index is 11.5. The van der Waals surface area contributed by atoms with Crippen LogP contribution in [0.1, 0.15) is 20.8 Å². The fourth-order valence-electron chi connectivity index (χ4n) is 2.16. The van der Waals surface area contributed by atoms with Crippen LogP contribution < -0.4 is 15.4 Å². The number of rotatable bonds is 14. The van der Waals surface area contributed by atoms with Gasteiger partial charge in [-0.15, -0.1) is 0 Å². The number of carbonyl (C=O) groups is 3. The van der Waals surface area contributed by atoms with Gasteiger partial charge in [-0.3, -0.25) is 10.1 Å². The Balaban J connectivity index is 1.93. The highest BCUT2D eigenvalue weighted by molar-refractivity contribution is 5.67. The molecule has 14 nitrogen and oxygen atoms in total. The van der Waals surface area contributed by atoms with Gasteiger partial charge in [0, 0.05) is 25.2 Å². The van der Waals surface area contributed by atoms with Crippen molar-refractivity contribution < 1.29 is 47.7 Å². The smallest absolute Gasteiger partial charge is 0.447 e. The van der Waals surface area contributed by atoms with Crippen molar-refractivity contribution in [3.8, 4) is 5.75 Å². The SMILES string of the molecule is CC(C)(C)OC(=O)NCCOCCOC(=O)NCCOCCOC(=O)Oc1ccc([N+](=O)[O-])cc1. The molecule has 0 bridgehead atoms. The van der Waals surface area contributed by atoms with Crippen molar-refractivity contribution in [1.29, 1.82) is 0 Å². The van der Waals surface area contributed by atoms with Crippen molar-refractivity contribution in [1.82, 2.24) is 10.6 Å². The van der Waals surface area contributed by atoms with Crippen LogP contribution in [0.4, 0.5) is 20.1 Å². The molecule has 1 aromatic carbocycles. The van der Waals surface area contributed by atoms with Crippen molar-refractivity contribution in [3.63, 3.8) is 0 Å². The summed E-state index contributed by atoms with van der Waals surface area (Å²) in [6.07, 6.45) is -2.16. The predicted molar refractivity (Wildman–Crippen MR) is 120 cm³/mol. The second-order valence-electron chi connectivity index (χ2n) is 7.67. The monoisotopic (exact) mass is 501 g/mol. The molecule has 0 saturated heterocycles. The molecule has 0 radical (unpaired) electrons. The van der Waals surface area contributed by atoms with E-state index in [0.717, 1.165) is 0 Å². The topological polar surface area (TPSA) is 174 Å². The number of nitro benzene ring substituents is 1. The zero-order valence-corrected chi connectivity index (χ0v) is 19.9. The Labute approximate surface area is 202 Å². The molecule has 0 unspecified atom stereocenters. The number of hydrogen-bond donors (Lipinski definition) is 2. The number of hydrogen-bond acceptors (Lipinski definition) is 11. The zero-order chi connectivity index (χ0) is 26.1. The number of ether oxygens (including phenoxy) is 6. The standard InChI is InChI=1S/C21H31N3O11/c1-21(2,3)35-19(26)23-9-11-30-12-14-32-18(25)22-8-10-31-13-15-33-20(27)34-17-6-4-16(5-7-17)24(28)29/h4-7H,8-15H2,1-3H3,(H,22,25)(H,23,26). The van der Waals surface area contributed by atoms with E-state index in [9.17, 15) is 24.5 Å². The minimum atomic E-state index is -0.980. The number of nitro groups is 1. The number of nitrogens with zero attached hydrogens (tertiary/aromatic N) is 1. The van der Waals surface area contributed by atoms with Crippen molar-refractivity contribution in [2.24, 2.45) is 0 Å². The van der Waals surface area contributed by atoms with Crippen LogP contribution in [0.3, 0.4) is 0 Å². The molecule has 1 rings (SSSR count). The van der Waals surface area contributed by atoms with E-state index < -0.39 is 28.9 Å². The van der Waals surface area contributed by atoms with Crippen LogP contribution in [-0.2, 0) is 23.7 Å². The Hall–Kier alpha value is -3.65. The fraction of sp³-hybridized carbons (Fsp3) is 0.571. The normalized spacial score (nSPS) is 10.7. The number of benzene rings is 1. The molecular formula is C21H31N3O11. The summed E-state index contributed by atoms with van der Waals surface area (Å²) in [6.45, 7) is 6.29. The fourth-order valence-corrected chi connectivity index (χ4v) is 2.16. The number of amides is 2. The minimum absolute atomic E-state index is 0.0316. The van der Waals surface area contributed by atoms with Crippen molar-refractivity contribution in [3.05, 3.63) is 34.4 Å². The first kappa shape index (κ1) is 29.4. The largest absolute Gasteiger partial charge is 0.513 e. The molecular weight excluding hydrogens is 470 g/mol. The van der Waals surface area contributed by atoms with E-state index in [4.69, 9.17) is 28.4 Å². The highest BCUT2D eigenvalue weighted by Gasteiger charge is 2.15. The van der Waals surface area contributed by atoms with Gasteiger partial charge in [0.25, 0.3) is 5.69 Å². The number of non-ortho nitro benzene ring substituents is 1. The highest BCUT2D eigenvalue weighted by Crippen LogP contribution is 2.17. The van der Waals surface area contributed by atoms with Gasteiger partial charge in [-0.05, 0) is 32.9 Å². The summed E-state index contributed by atoms with van der Waals surface area (Å²) in [6, 6.07) is 4.94. The number of carbonyl (C=O) groups excluding carboxylic acids is 3. The summed E-state index contributed by atoms with van der Waals surface area (Å²) in [5.74, 6) is 0.104. The average Bonchev–Trinajstić information content (AvgIpc) is 2.77. The van der Waals surface area contributed by atoms with E-state index >= 15 is 0 Å². The molecule has 0 spiro atoms. The van der Waals surface area contributed by atoms with Crippen LogP contribution in [0.5, 0.6) is 5.75 Å². The molecule has 0 aromatic heterocycles. The summed E-state index contributed by atoms with van der Waals surface area (Å²) < 4.78 is 30.1. The minimum Gasteiger partial charge on any atom is -0.447 e. The van der Waals surface area contributed by atoms with Crippen LogP contribution in [0.2, 0.25) is 0 Å². The third-order valence-corrected chi connectivity index (χ3v) is 3.59. The van der Waals surface area contributed by atoms with Crippen LogP contribution in [0, 0.1) is 10.1 Å². The lowest BCUT2D eigenvalue weighted by atomic mass is 10.2. The summed E-state index contributed by atoms with van der Waals surface area (Å²) in [7, 11) is 0. The van der Waals surface area contributed by atoms with Crippen molar-refractivity contribution >= 4 is 24.0 Å². The van der Waals surface area contributed by atoms with E-state index in [2.05, 4.69) is 10.6 Å². The molecule has 0 aliphatic carbocycles. The lowest BCUT2D eigenvalue weighted by molar-refractivity contribution is -0.384. The van der Waals surface area contributed by atoms with Crippen LogP contribution >= 0.6 is 0 Å². The maximum atomic E-state index is 11.5. The highest BCUT2D eigenvalue weighted by atomic mass is 16.7. The third kappa shape index (κ3) is 15.8. The summed E-state index contributed by atoms with van der Waals surface area (Å²) >= 11 is 0. The zero-order valence-electron chi connectivity index (χ0n) is 19.9. The van der Waals surface area contributed by atoms with Crippen molar-refractivity contribution in [2.75, 3.05) is 52.7 Å². The van der Waals surface area contributed by atoms with Gasteiger partial charge < -0.3 is 39.1 Å². The van der Waals surface area contributed by atoms with E-state index in [1.165, 1.54) is 24.3 Å². The summed E-state index contributed by atoms with van der Waals surface area (Å²) in [4.78, 5) is 44.5. The summed E-state index contributed by atoms with van der Waals surface area (Å²) in [5, 5.41) is 15.6. The lowest BCUT2D eigenvalue weighted by Gasteiger charge is -2.19. The number of nitrogens with one attached hydrogen (secondary N) is 2. The van der Waals surface area contributed by atoms with Gasteiger partial charge in [0.15, 0.2) is 0 Å². The van der Waals surface area contributed by atoms with E-state index in [1.807, 2.05) is 0 Å². The van der Waals surface area contributed by atoms with Crippen LogP contribution in [0.15, 0.2) is 24.3 Å². The van der Waals surface area contributed by atoms with E-state index in [1.54, 1.807) is 20.8 Å². The van der Waals surface area contributed by atoms with Gasteiger partial charge in [0.1, 0.15) is 24.6 Å². The molecule has 2 N–H and O–H groups in total. The predicted octanol–water partition coefficient (Wildman–Crippen LogP) is 2.39. The Morgan fingerprint density at radius 1 is 0.829 bits per heavy atom. The first-order valence-corrected chi connectivity index (χ1v) is 10.7. The molecule has 196 valence electrons. The van der Waals surface area contributed by atoms with Crippen molar-refractivity contribution in [2.45, 2.75) is 26.4 Å². The lowest BCUT2D eigenvalue weighted by Crippen LogP contribution is -2.34. The first-order valence-electron chi connectivity index (χ1n) is 10.7. The Morgan fingerprint density at radius 3 is 1.91 bits per heavy atom.